The molecule has 0 saturated heterocycles. The zero-order valence-electron chi connectivity index (χ0n) is 17.8. The summed E-state index contributed by atoms with van der Waals surface area (Å²) in [6.07, 6.45) is -2.84. The van der Waals surface area contributed by atoms with Crippen molar-refractivity contribution in [1.29, 1.82) is 0 Å². The van der Waals surface area contributed by atoms with Gasteiger partial charge >= 0.3 is 6.18 Å². The maximum Gasteiger partial charge on any atom is 0.433 e. The number of nitrogens with zero attached hydrogens (tertiary/aromatic N) is 5. The third-order valence-electron chi connectivity index (χ3n) is 4.75. The molecule has 2 N–H and O–H groups in total. The molecule has 0 aromatic carbocycles. The van der Waals surface area contributed by atoms with Crippen LogP contribution in [-0.4, -0.2) is 42.7 Å². The quantitative estimate of drug-likeness (QED) is 0.402. The van der Waals surface area contributed by atoms with Crippen LogP contribution in [0.3, 0.4) is 0 Å². The van der Waals surface area contributed by atoms with Gasteiger partial charge in [-0.3, -0.25) is 14.3 Å². The third-order valence-corrected chi connectivity index (χ3v) is 5.99. The molecule has 4 rings (SSSR count). The van der Waals surface area contributed by atoms with E-state index in [-0.39, 0.29) is 27.7 Å². The molecule has 4 aromatic rings. The molecule has 9 nitrogen and oxygen atoms in total. The van der Waals surface area contributed by atoms with Gasteiger partial charge in [-0.2, -0.15) is 23.4 Å². The molecule has 0 aliphatic carbocycles. The second-order valence-electron chi connectivity index (χ2n) is 7.14. The van der Waals surface area contributed by atoms with Gasteiger partial charge in [0.15, 0.2) is 17.0 Å². The van der Waals surface area contributed by atoms with Crippen molar-refractivity contribution >= 4 is 46.1 Å². The Morgan fingerprint density at radius 2 is 2.03 bits per heavy atom. The summed E-state index contributed by atoms with van der Waals surface area (Å²) in [6, 6.07) is 4.15. The van der Waals surface area contributed by atoms with Gasteiger partial charge in [-0.15, -0.1) is 11.3 Å². The van der Waals surface area contributed by atoms with E-state index in [9.17, 15) is 22.8 Å². The first-order chi connectivity index (χ1) is 16.1. The Labute approximate surface area is 199 Å². The molecule has 0 atom stereocenters. The number of alkyl halides is 3. The van der Waals surface area contributed by atoms with Gasteiger partial charge in [0.1, 0.15) is 10.7 Å². The number of rotatable bonds is 6. The molecular formula is C20H17ClF3N7O2S. The Hall–Kier alpha value is -3.45. The third kappa shape index (κ3) is 4.35. The summed E-state index contributed by atoms with van der Waals surface area (Å²) in [6.45, 7) is 2.29. The van der Waals surface area contributed by atoms with Crippen molar-refractivity contribution in [3.05, 3.63) is 51.9 Å². The lowest BCUT2D eigenvalue weighted by Crippen LogP contribution is -2.27. The van der Waals surface area contributed by atoms with E-state index < -0.39 is 29.4 Å². The number of nitrogens with one attached hydrogen (secondary N) is 2. The Bertz CT molecular complexity index is 1380. The summed E-state index contributed by atoms with van der Waals surface area (Å²) in [7, 11) is 1.51. The minimum atomic E-state index is -4.79. The fourth-order valence-corrected chi connectivity index (χ4v) is 4.12. The lowest BCUT2D eigenvalue weighted by Gasteiger charge is -2.10. The van der Waals surface area contributed by atoms with Crippen molar-refractivity contribution in [3.63, 3.8) is 0 Å². The van der Waals surface area contributed by atoms with Crippen LogP contribution in [0.1, 0.15) is 40.0 Å². The van der Waals surface area contributed by atoms with E-state index in [1.54, 1.807) is 17.5 Å². The van der Waals surface area contributed by atoms with Crippen molar-refractivity contribution in [2.75, 3.05) is 11.9 Å². The Kier molecular flexibility index (Phi) is 6.32. The molecule has 2 amide bonds. The zero-order chi connectivity index (χ0) is 24.6. The van der Waals surface area contributed by atoms with Crippen LogP contribution in [0.15, 0.2) is 29.8 Å². The highest BCUT2D eigenvalue weighted by molar-refractivity contribution is 7.13. The molecule has 0 aliphatic rings. The predicted octanol–water partition coefficient (Wildman–Crippen LogP) is 4.26. The Balaban J connectivity index is 1.76. The second kappa shape index (κ2) is 9.06. The summed E-state index contributed by atoms with van der Waals surface area (Å²) in [5, 5.41) is 14.2. The summed E-state index contributed by atoms with van der Waals surface area (Å²) in [5.41, 5.74) is -1.77. The summed E-state index contributed by atoms with van der Waals surface area (Å²) in [4.78, 5) is 30.1. The molecule has 0 bridgehead atoms. The summed E-state index contributed by atoms with van der Waals surface area (Å²) >= 11 is 7.49. The first-order valence-electron chi connectivity index (χ1n) is 9.93. The number of aromatic nitrogens is 5. The van der Waals surface area contributed by atoms with E-state index in [4.69, 9.17) is 11.6 Å². The van der Waals surface area contributed by atoms with Crippen molar-refractivity contribution < 1.29 is 22.8 Å². The fourth-order valence-electron chi connectivity index (χ4n) is 3.19. The van der Waals surface area contributed by atoms with Gasteiger partial charge < -0.3 is 10.6 Å². The number of amides is 2. The van der Waals surface area contributed by atoms with Gasteiger partial charge in [-0.1, -0.05) is 24.6 Å². The lowest BCUT2D eigenvalue weighted by molar-refractivity contribution is -0.142. The molecule has 0 unspecified atom stereocenters. The van der Waals surface area contributed by atoms with E-state index in [0.29, 0.717) is 22.4 Å². The minimum Gasteiger partial charge on any atom is -0.351 e. The number of carbonyl (C=O) groups is 2. The SMILES string of the molecule is CCCNC(=O)c1c(NC(=O)c2nn3c(C(F)(F)F)cc(-c4cccs4)nc3c2Cl)cnn1C. The maximum absolute atomic E-state index is 13.8. The largest absolute Gasteiger partial charge is 0.433 e. The fraction of sp³-hybridized carbons (Fsp3) is 0.250. The average molecular weight is 512 g/mol. The molecule has 0 radical (unpaired) electrons. The van der Waals surface area contributed by atoms with Crippen molar-refractivity contribution in [2.24, 2.45) is 7.05 Å². The highest BCUT2D eigenvalue weighted by atomic mass is 35.5. The molecule has 178 valence electrons. The van der Waals surface area contributed by atoms with Gasteiger partial charge in [-0.25, -0.2) is 9.50 Å². The number of aryl methyl sites for hydroxylation is 1. The first kappa shape index (κ1) is 23.7. The van der Waals surface area contributed by atoms with Crippen LogP contribution in [-0.2, 0) is 13.2 Å². The van der Waals surface area contributed by atoms with Crippen molar-refractivity contribution in [2.45, 2.75) is 19.5 Å². The molecule has 0 fully saturated rings. The highest BCUT2D eigenvalue weighted by Gasteiger charge is 2.37. The Morgan fingerprint density at radius 3 is 2.68 bits per heavy atom. The number of anilines is 1. The molecule has 4 heterocycles. The molecule has 14 heteroatoms. The van der Waals surface area contributed by atoms with Crippen LogP contribution < -0.4 is 10.6 Å². The maximum atomic E-state index is 13.8. The van der Waals surface area contributed by atoms with Crippen LogP contribution in [0.2, 0.25) is 5.02 Å². The van der Waals surface area contributed by atoms with Gasteiger partial charge in [0, 0.05) is 13.6 Å². The first-order valence-corrected chi connectivity index (χ1v) is 11.2. The van der Waals surface area contributed by atoms with E-state index in [2.05, 4.69) is 25.8 Å². The van der Waals surface area contributed by atoms with Gasteiger partial charge in [0.2, 0.25) is 0 Å². The molecule has 4 aromatic heterocycles. The van der Waals surface area contributed by atoms with E-state index in [1.807, 2.05) is 6.92 Å². The number of thiophene rings is 1. The normalized spacial score (nSPS) is 11.7. The van der Waals surface area contributed by atoms with Crippen LogP contribution in [0.25, 0.3) is 16.2 Å². The minimum absolute atomic E-state index is 0.0470. The van der Waals surface area contributed by atoms with Gasteiger partial charge in [-0.05, 0) is 23.9 Å². The smallest absolute Gasteiger partial charge is 0.351 e. The van der Waals surface area contributed by atoms with Crippen LogP contribution in [0.4, 0.5) is 18.9 Å². The van der Waals surface area contributed by atoms with Crippen LogP contribution in [0.5, 0.6) is 0 Å². The molecular weight excluding hydrogens is 495 g/mol. The molecule has 0 spiro atoms. The monoisotopic (exact) mass is 511 g/mol. The standard InChI is InChI=1S/C20H17ClF3N7O2S/c1-3-6-25-19(33)16-11(9-26-30(16)2)28-18(32)15-14(21)17-27-10(12-5-4-7-34-12)8-13(20(22,23)24)31(17)29-15/h4-5,7-9H,3,6H2,1-2H3,(H,25,33)(H,28,32). The lowest BCUT2D eigenvalue weighted by atomic mass is 10.2. The zero-order valence-corrected chi connectivity index (χ0v) is 19.3. The van der Waals surface area contributed by atoms with Crippen LogP contribution >= 0.6 is 22.9 Å². The van der Waals surface area contributed by atoms with E-state index in [1.165, 1.54) is 29.3 Å². The summed E-state index contributed by atoms with van der Waals surface area (Å²) in [5.74, 6) is -1.39. The molecule has 0 aliphatic heterocycles. The number of hydrogen-bond donors (Lipinski definition) is 2. The highest BCUT2D eigenvalue weighted by Crippen LogP contribution is 2.35. The number of halogens is 4. The van der Waals surface area contributed by atoms with Gasteiger partial charge in [0.05, 0.1) is 22.5 Å². The number of carbonyl (C=O) groups excluding carboxylic acids is 2. The summed E-state index contributed by atoms with van der Waals surface area (Å²) < 4.78 is 43.1. The number of fused-ring (bicyclic) bond motifs is 1. The Morgan fingerprint density at radius 1 is 1.26 bits per heavy atom. The molecule has 34 heavy (non-hydrogen) atoms. The topological polar surface area (TPSA) is 106 Å². The van der Waals surface area contributed by atoms with E-state index in [0.717, 1.165) is 6.07 Å². The van der Waals surface area contributed by atoms with E-state index >= 15 is 0 Å². The molecule has 0 saturated carbocycles. The van der Waals surface area contributed by atoms with Crippen molar-refractivity contribution in [3.8, 4) is 10.6 Å². The van der Waals surface area contributed by atoms with Crippen molar-refractivity contribution in [1.82, 2.24) is 29.7 Å². The van der Waals surface area contributed by atoms with Crippen LogP contribution in [0, 0.1) is 0 Å². The van der Waals surface area contributed by atoms with Gasteiger partial charge in [0.25, 0.3) is 11.8 Å². The second-order valence-corrected chi connectivity index (χ2v) is 8.47. The average Bonchev–Trinajstić information content (AvgIpc) is 3.51. The predicted molar refractivity (Wildman–Crippen MR) is 120 cm³/mol. The number of hydrogen-bond acceptors (Lipinski definition) is 6.